The second kappa shape index (κ2) is 7.51. The Hall–Kier alpha value is -2.00. The highest BCUT2D eigenvalue weighted by molar-refractivity contribution is 6.30. The molecule has 0 unspecified atom stereocenters. The van der Waals surface area contributed by atoms with Crippen molar-refractivity contribution in [3.8, 4) is 16.9 Å². The van der Waals surface area contributed by atoms with Gasteiger partial charge in [0.25, 0.3) is 5.91 Å². The van der Waals surface area contributed by atoms with Crippen LogP contribution >= 0.6 is 11.6 Å². The highest BCUT2D eigenvalue weighted by Crippen LogP contribution is 2.32. The summed E-state index contributed by atoms with van der Waals surface area (Å²) in [5, 5.41) is 0.686. The molecule has 2 rings (SSSR count). The molecule has 0 heterocycles. The first-order chi connectivity index (χ1) is 11.0. The van der Waals surface area contributed by atoms with Gasteiger partial charge in [0.15, 0.2) is 0 Å². The molecule has 4 heteroatoms. The van der Waals surface area contributed by atoms with E-state index >= 15 is 0 Å². The lowest BCUT2D eigenvalue weighted by molar-refractivity contribution is 0.0774. The van der Waals surface area contributed by atoms with Crippen molar-refractivity contribution in [2.75, 3.05) is 20.2 Å². The van der Waals surface area contributed by atoms with Crippen molar-refractivity contribution in [1.82, 2.24) is 4.90 Å². The Bertz CT molecular complexity index is 709. The van der Waals surface area contributed by atoms with Gasteiger partial charge in [-0.2, -0.15) is 0 Å². The van der Waals surface area contributed by atoms with Crippen molar-refractivity contribution in [3.05, 3.63) is 52.5 Å². The molecule has 0 aliphatic carbocycles. The number of ether oxygens (including phenoxy) is 1. The van der Waals surface area contributed by atoms with Crippen LogP contribution in [0.1, 0.15) is 29.8 Å². The zero-order valence-corrected chi connectivity index (χ0v) is 14.8. The molecule has 122 valence electrons. The zero-order chi connectivity index (χ0) is 17.0. The number of halogens is 1. The van der Waals surface area contributed by atoms with E-state index in [1.165, 1.54) is 0 Å². The predicted octanol–water partition coefficient (Wildman–Crippen LogP) is 4.81. The monoisotopic (exact) mass is 331 g/mol. The normalized spacial score (nSPS) is 10.5. The number of aryl methyl sites for hydroxylation is 1. The van der Waals surface area contributed by atoms with Crippen LogP contribution in [-0.4, -0.2) is 31.0 Å². The predicted molar refractivity (Wildman–Crippen MR) is 95.4 cm³/mol. The molecule has 2 aromatic rings. The first kappa shape index (κ1) is 17.4. The second-order valence-corrected chi connectivity index (χ2v) is 5.78. The SMILES string of the molecule is CCN(CC)C(=O)c1ccc(OC)cc1-c1ccc(Cl)cc1C. The number of carbonyl (C=O) groups is 1. The van der Waals surface area contributed by atoms with E-state index in [2.05, 4.69) is 0 Å². The number of carbonyl (C=O) groups excluding carboxylic acids is 1. The largest absolute Gasteiger partial charge is 0.497 e. The Balaban J connectivity index is 2.62. The summed E-state index contributed by atoms with van der Waals surface area (Å²) in [6.07, 6.45) is 0. The van der Waals surface area contributed by atoms with E-state index in [1.807, 2.05) is 62.1 Å². The van der Waals surface area contributed by atoms with Crippen LogP contribution in [0.3, 0.4) is 0 Å². The van der Waals surface area contributed by atoms with Crippen molar-refractivity contribution in [3.63, 3.8) is 0 Å². The second-order valence-electron chi connectivity index (χ2n) is 5.35. The number of amides is 1. The number of benzene rings is 2. The van der Waals surface area contributed by atoms with E-state index in [9.17, 15) is 4.79 Å². The zero-order valence-electron chi connectivity index (χ0n) is 14.0. The van der Waals surface area contributed by atoms with E-state index in [-0.39, 0.29) is 5.91 Å². The van der Waals surface area contributed by atoms with Crippen molar-refractivity contribution in [1.29, 1.82) is 0 Å². The summed E-state index contributed by atoms with van der Waals surface area (Å²) >= 11 is 6.06. The molecule has 0 spiro atoms. The lowest BCUT2D eigenvalue weighted by Gasteiger charge is -2.21. The molecule has 0 saturated carbocycles. The van der Waals surface area contributed by atoms with Gasteiger partial charge in [0, 0.05) is 23.7 Å². The van der Waals surface area contributed by atoms with Crippen LogP contribution in [0.15, 0.2) is 36.4 Å². The Kier molecular flexibility index (Phi) is 5.67. The third kappa shape index (κ3) is 3.67. The molecular weight excluding hydrogens is 310 g/mol. The highest BCUT2D eigenvalue weighted by atomic mass is 35.5. The summed E-state index contributed by atoms with van der Waals surface area (Å²) in [6, 6.07) is 11.3. The molecule has 0 atom stereocenters. The smallest absolute Gasteiger partial charge is 0.254 e. The van der Waals surface area contributed by atoms with Crippen LogP contribution < -0.4 is 4.74 Å². The fourth-order valence-electron chi connectivity index (χ4n) is 2.67. The Morgan fingerprint density at radius 3 is 2.35 bits per heavy atom. The number of hydrogen-bond donors (Lipinski definition) is 0. The molecule has 1 amide bonds. The molecule has 2 aromatic carbocycles. The summed E-state index contributed by atoms with van der Waals surface area (Å²) in [4.78, 5) is 14.7. The average molecular weight is 332 g/mol. The number of hydrogen-bond acceptors (Lipinski definition) is 2. The molecular formula is C19H22ClNO2. The number of rotatable bonds is 5. The molecule has 0 saturated heterocycles. The summed E-state index contributed by atoms with van der Waals surface area (Å²) in [5.41, 5.74) is 3.57. The standard InChI is InChI=1S/C19H22ClNO2/c1-5-21(6-2)19(22)17-10-8-15(23-4)12-18(17)16-9-7-14(20)11-13(16)3/h7-12H,5-6H2,1-4H3. The van der Waals surface area contributed by atoms with Crippen LogP contribution in [0.25, 0.3) is 11.1 Å². The van der Waals surface area contributed by atoms with Crippen LogP contribution in [0.4, 0.5) is 0 Å². The maximum absolute atomic E-state index is 12.8. The quantitative estimate of drug-likeness (QED) is 0.787. The van der Waals surface area contributed by atoms with Gasteiger partial charge >= 0.3 is 0 Å². The maximum atomic E-state index is 12.8. The van der Waals surface area contributed by atoms with Crippen LogP contribution in [0, 0.1) is 6.92 Å². The van der Waals surface area contributed by atoms with Gasteiger partial charge in [-0.15, -0.1) is 0 Å². The van der Waals surface area contributed by atoms with Gasteiger partial charge in [0.05, 0.1) is 7.11 Å². The molecule has 0 fully saturated rings. The molecule has 0 aliphatic rings. The minimum Gasteiger partial charge on any atom is -0.497 e. The van der Waals surface area contributed by atoms with Crippen LogP contribution in [-0.2, 0) is 0 Å². The highest BCUT2D eigenvalue weighted by Gasteiger charge is 2.19. The van der Waals surface area contributed by atoms with Gasteiger partial charge in [0.2, 0.25) is 0 Å². The van der Waals surface area contributed by atoms with Crippen molar-refractivity contribution >= 4 is 17.5 Å². The van der Waals surface area contributed by atoms with Crippen molar-refractivity contribution < 1.29 is 9.53 Å². The third-order valence-electron chi connectivity index (χ3n) is 3.99. The van der Waals surface area contributed by atoms with Crippen molar-refractivity contribution in [2.24, 2.45) is 0 Å². The van der Waals surface area contributed by atoms with Crippen LogP contribution in [0.2, 0.25) is 5.02 Å². The summed E-state index contributed by atoms with van der Waals surface area (Å²) < 4.78 is 5.34. The summed E-state index contributed by atoms with van der Waals surface area (Å²) in [6.45, 7) is 7.32. The summed E-state index contributed by atoms with van der Waals surface area (Å²) in [5.74, 6) is 0.757. The van der Waals surface area contributed by atoms with Gasteiger partial charge in [-0.25, -0.2) is 0 Å². The average Bonchev–Trinajstić information content (AvgIpc) is 2.55. The minimum atomic E-state index is 0.0296. The van der Waals surface area contributed by atoms with Gasteiger partial charge in [-0.05, 0) is 67.8 Å². The minimum absolute atomic E-state index is 0.0296. The molecule has 0 aliphatic heterocycles. The first-order valence-corrected chi connectivity index (χ1v) is 8.13. The molecule has 3 nitrogen and oxygen atoms in total. The van der Waals surface area contributed by atoms with Gasteiger partial charge in [0.1, 0.15) is 5.75 Å². The van der Waals surface area contributed by atoms with E-state index in [1.54, 1.807) is 7.11 Å². The van der Waals surface area contributed by atoms with E-state index in [0.717, 1.165) is 22.4 Å². The maximum Gasteiger partial charge on any atom is 0.254 e. The Morgan fingerprint density at radius 2 is 1.78 bits per heavy atom. The molecule has 0 radical (unpaired) electrons. The Labute approximate surface area is 142 Å². The fraction of sp³-hybridized carbons (Fsp3) is 0.316. The Morgan fingerprint density at radius 1 is 1.09 bits per heavy atom. The molecule has 23 heavy (non-hydrogen) atoms. The summed E-state index contributed by atoms with van der Waals surface area (Å²) in [7, 11) is 1.62. The first-order valence-electron chi connectivity index (χ1n) is 7.75. The molecule has 0 bridgehead atoms. The van der Waals surface area contributed by atoms with Gasteiger partial charge in [-0.3, -0.25) is 4.79 Å². The van der Waals surface area contributed by atoms with E-state index in [0.29, 0.717) is 23.7 Å². The van der Waals surface area contributed by atoms with Crippen molar-refractivity contribution in [2.45, 2.75) is 20.8 Å². The fourth-order valence-corrected chi connectivity index (χ4v) is 2.90. The van der Waals surface area contributed by atoms with Gasteiger partial charge < -0.3 is 9.64 Å². The topological polar surface area (TPSA) is 29.5 Å². The van der Waals surface area contributed by atoms with Crippen LogP contribution in [0.5, 0.6) is 5.75 Å². The molecule has 0 aromatic heterocycles. The lowest BCUT2D eigenvalue weighted by atomic mass is 9.95. The lowest BCUT2D eigenvalue weighted by Crippen LogP contribution is -2.30. The molecule has 0 N–H and O–H groups in total. The number of methoxy groups -OCH3 is 1. The van der Waals surface area contributed by atoms with Gasteiger partial charge in [-0.1, -0.05) is 17.7 Å². The number of nitrogens with zero attached hydrogens (tertiary/aromatic N) is 1. The third-order valence-corrected chi connectivity index (χ3v) is 4.22. The van der Waals surface area contributed by atoms with E-state index in [4.69, 9.17) is 16.3 Å². The van der Waals surface area contributed by atoms with E-state index < -0.39 is 0 Å².